The largest absolute Gasteiger partial charge is 0.465 e. The second kappa shape index (κ2) is 13.4. The Bertz CT molecular complexity index is 1050. The number of hydrogen-bond acceptors (Lipinski definition) is 6. The van der Waals surface area contributed by atoms with Gasteiger partial charge in [0.1, 0.15) is 18.7 Å². The third-order valence-corrected chi connectivity index (χ3v) is 5.54. The molecule has 1 aromatic heterocycles. The Morgan fingerprint density at radius 2 is 1.51 bits per heavy atom. The molecule has 1 N–H and O–H groups in total. The summed E-state index contributed by atoms with van der Waals surface area (Å²) in [6.07, 6.45) is 2.69. The van der Waals surface area contributed by atoms with E-state index in [0.717, 1.165) is 22.4 Å². The van der Waals surface area contributed by atoms with Crippen molar-refractivity contribution in [3.63, 3.8) is 0 Å². The molecule has 0 aliphatic carbocycles. The van der Waals surface area contributed by atoms with E-state index >= 15 is 0 Å². The molecule has 3 rings (SSSR count). The summed E-state index contributed by atoms with van der Waals surface area (Å²) in [5, 5.41) is 3.24. The standard InChI is InChI=1S/C29H34N2O4/c1-4-34-28(32)27(19-22-13-15-24(16-14-22)25-12-8-9-17-30-25)31-26(18-21(2)3)29(33)35-20-23-10-6-5-7-11-23/h5-17,21,26-27,31H,4,18-20H2,1-3H3. The predicted molar refractivity (Wildman–Crippen MR) is 136 cm³/mol. The molecule has 1 heterocycles. The highest BCUT2D eigenvalue weighted by molar-refractivity contribution is 5.80. The number of nitrogens with one attached hydrogen (secondary N) is 1. The van der Waals surface area contributed by atoms with Gasteiger partial charge in [0.15, 0.2) is 0 Å². The second-order valence-corrected chi connectivity index (χ2v) is 8.86. The molecule has 0 bridgehead atoms. The van der Waals surface area contributed by atoms with E-state index in [1.807, 2.05) is 86.6 Å². The Balaban J connectivity index is 1.72. The van der Waals surface area contributed by atoms with Crippen molar-refractivity contribution < 1.29 is 19.1 Å². The number of carbonyl (C=O) groups is 2. The van der Waals surface area contributed by atoms with Crippen LogP contribution in [0.2, 0.25) is 0 Å². The number of carbonyl (C=O) groups excluding carboxylic acids is 2. The molecular formula is C29H34N2O4. The number of pyridine rings is 1. The van der Waals surface area contributed by atoms with Gasteiger partial charge in [-0.05, 0) is 48.9 Å². The van der Waals surface area contributed by atoms with Crippen molar-refractivity contribution in [3.8, 4) is 11.3 Å². The summed E-state index contributed by atoms with van der Waals surface area (Å²) in [6.45, 7) is 6.30. The van der Waals surface area contributed by atoms with E-state index in [-0.39, 0.29) is 31.1 Å². The minimum atomic E-state index is -0.677. The lowest BCUT2D eigenvalue weighted by Crippen LogP contribution is -2.50. The number of aromatic nitrogens is 1. The molecule has 0 amide bonds. The molecular weight excluding hydrogens is 440 g/mol. The van der Waals surface area contributed by atoms with Gasteiger partial charge in [-0.2, -0.15) is 0 Å². The number of rotatable bonds is 12. The van der Waals surface area contributed by atoms with Crippen LogP contribution in [0.5, 0.6) is 0 Å². The maximum Gasteiger partial charge on any atom is 0.323 e. The fourth-order valence-corrected chi connectivity index (χ4v) is 3.81. The van der Waals surface area contributed by atoms with Crippen molar-refractivity contribution in [1.82, 2.24) is 10.3 Å². The molecule has 6 heteroatoms. The van der Waals surface area contributed by atoms with E-state index < -0.39 is 12.1 Å². The zero-order chi connectivity index (χ0) is 25.0. The number of ether oxygens (including phenoxy) is 2. The Labute approximate surface area is 207 Å². The Hall–Kier alpha value is -3.51. The summed E-state index contributed by atoms with van der Waals surface area (Å²) >= 11 is 0. The highest BCUT2D eigenvalue weighted by Crippen LogP contribution is 2.18. The Morgan fingerprint density at radius 3 is 2.14 bits per heavy atom. The van der Waals surface area contributed by atoms with Gasteiger partial charge < -0.3 is 9.47 Å². The van der Waals surface area contributed by atoms with Crippen LogP contribution in [0.4, 0.5) is 0 Å². The fraction of sp³-hybridized carbons (Fsp3) is 0.345. The van der Waals surface area contributed by atoms with E-state index in [4.69, 9.17) is 9.47 Å². The van der Waals surface area contributed by atoms with Gasteiger partial charge in [-0.15, -0.1) is 0 Å². The minimum Gasteiger partial charge on any atom is -0.465 e. The molecule has 2 aromatic carbocycles. The van der Waals surface area contributed by atoms with Crippen molar-refractivity contribution in [3.05, 3.63) is 90.1 Å². The first-order valence-electron chi connectivity index (χ1n) is 12.1. The number of hydrogen-bond donors (Lipinski definition) is 1. The van der Waals surface area contributed by atoms with Crippen LogP contribution in [-0.2, 0) is 32.1 Å². The smallest absolute Gasteiger partial charge is 0.323 e. The fourth-order valence-electron chi connectivity index (χ4n) is 3.81. The van der Waals surface area contributed by atoms with Crippen LogP contribution >= 0.6 is 0 Å². The second-order valence-electron chi connectivity index (χ2n) is 8.86. The lowest BCUT2D eigenvalue weighted by molar-refractivity contribution is -0.150. The van der Waals surface area contributed by atoms with Gasteiger partial charge in [-0.1, -0.05) is 74.5 Å². The third kappa shape index (κ3) is 8.34. The molecule has 2 unspecified atom stereocenters. The van der Waals surface area contributed by atoms with Gasteiger partial charge >= 0.3 is 11.9 Å². The monoisotopic (exact) mass is 474 g/mol. The van der Waals surface area contributed by atoms with Crippen LogP contribution in [-0.4, -0.2) is 35.6 Å². The first-order chi connectivity index (χ1) is 17.0. The maximum absolute atomic E-state index is 13.0. The first-order valence-corrected chi connectivity index (χ1v) is 12.1. The van der Waals surface area contributed by atoms with E-state index in [1.54, 1.807) is 13.1 Å². The quantitative estimate of drug-likeness (QED) is 0.374. The molecule has 184 valence electrons. The molecule has 0 aliphatic heterocycles. The first kappa shape index (κ1) is 26.1. The molecule has 0 radical (unpaired) electrons. The van der Waals surface area contributed by atoms with Gasteiger partial charge in [-0.3, -0.25) is 19.9 Å². The lowest BCUT2D eigenvalue weighted by atomic mass is 9.99. The summed E-state index contributed by atoms with van der Waals surface area (Å²) in [5.74, 6) is -0.523. The highest BCUT2D eigenvalue weighted by atomic mass is 16.5. The number of esters is 2. The molecule has 0 aliphatic rings. The van der Waals surface area contributed by atoms with Crippen LogP contribution in [0.1, 0.15) is 38.3 Å². The van der Waals surface area contributed by atoms with Gasteiger partial charge in [-0.25, -0.2) is 0 Å². The molecule has 6 nitrogen and oxygen atoms in total. The number of benzene rings is 2. The summed E-state index contributed by atoms with van der Waals surface area (Å²) < 4.78 is 10.9. The molecule has 3 aromatic rings. The van der Waals surface area contributed by atoms with Crippen LogP contribution in [0.3, 0.4) is 0 Å². The van der Waals surface area contributed by atoms with E-state index in [2.05, 4.69) is 10.3 Å². The van der Waals surface area contributed by atoms with E-state index in [9.17, 15) is 9.59 Å². The van der Waals surface area contributed by atoms with Crippen molar-refractivity contribution in [2.75, 3.05) is 6.61 Å². The average Bonchev–Trinajstić information content (AvgIpc) is 2.88. The predicted octanol–water partition coefficient (Wildman–Crippen LogP) is 4.97. The maximum atomic E-state index is 13.0. The van der Waals surface area contributed by atoms with Crippen LogP contribution in [0.15, 0.2) is 79.0 Å². The molecule has 0 saturated carbocycles. The highest BCUT2D eigenvalue weighted by Gasteiger charge is 2.29. The van der Waals surface area contributed by atoms with Gasteiger partial charge in [0.05, 0.1) is 12.3 Å². The van der Waals surface area contributed by atoms with Gasteiger partial charge in [0.25, 0.3) is 0 Å². The van der Waals surface area contributed by atoms with Crippen molar-refractivity contribution in [2.24, 2.45) is 5.92 Å². The zero-order valence-electron chi connectivity index (χ0n) is 20.6. The summed E-state index contributed by atoms with van der Waals surface area (Å²) in [6, 6.07) is 22.0. The van der Waals surface area contributed by atoms with Crippen LogP contribution in [0, 0.1) is 5.92 Å². The van der Waals surface area contributed by atoms with Crippen LogP contribution in [0.25, 0.3) is 11.3 Å². The van der Waals surface area contributed by atoms with Crippen LogP contribution < -0.4 is 5.32 Å². The molecule has 2 atom stereocenters. The normalized spacial score (nSPS) is 12.7. The third-order valence-electron chi connectivity index (χ3n) is 5.54. The Kier molecular flexibility index (Phi) is 9.99. The SMILES string of the molecule is CCOC(=O)C(Cc1ccc(-c2ccccn2)cc1)NC(CC(C)C)C(=O)OCc1ccccc1. The molecule has 0 spiro atoms. The zero-order valence-corrected chi connectivity index (χ0v) is 20.6. The van der Waals surface area contributed by atoms with Crippen molar-refractivity contribution in [1.29, 1.82) is 0 Å². The van der Waals surface area contributed by atoms with E-state index in [1.165, 1.54) is 0 Å². The topological polar surface area (TPSA) is 77.5 Å². The Morgan fingerprint density at radius 1 is 0.829 bits per heavy atom. The summed E-state index contributed by atoms with van der Waals surface area (Å²) in [4.78, 5) is 30.2. The molecule has 0 saturated heterocycles. The van der Waals surface area contributed by atoms with Crippen molar-refractivity contribution >= 4 is 11.9 Å². The van der Waals surface area contributed by atoms with Gasteiger partial charge in [0.2, 0.25) is 0 Å². The number of nitrogens with zero attached hydrogens (tertiary/aromatic N) is 1. The summed E-state index contributed by atoms with van der Waals surface area (Å²) in [5.41, 5.74) is 3.75. The lowest BCUT2D eigenvalue weighted by Gasteiger charge is -2.25. The van der Waals surface area contributed by atoms with E-state index in [0.29, 0.717) is 12.8 Å². The summed E-state index contributed by atoms with van der Waals surface area (Å²) in [7, 11) is 0. The average molecular weight is 475 g/mol. The minimum absolute atomic E-state index is 0.189. The van der Waals surface area contributed by atoms with Gasteiger partial charge in [0, 0.05) is 11.8 Å². The van der Waals surface area contributed by atoms with Crippen molar-refractivity contribution in [2.45, 2.75) is 52.3 Å². The molecule has 0 fully saturated rings. The molecule has 35 heavy (non-hydrogen) atoms.